The van der Waals surface area contributed by atoms with E-state index < -0.39 is 0 Å². The van der Waals surface area contributed by atoms with Gasteiger partial charge in [-0.25, -0.2) is 9.50 Å². The van der Waals surface area contributed by atoms with Crippen molar-refractivity contribution in [3.05, 3.63) is 47.8 Å². The van der Waals surface area contributed by atoms with E-state index in [-0.39, 0.29) is 0 Å². The zero-order valence-electron chi connectivity index (χ0n) is 14.4. The molecule has 1 fully saturated rings. The van der Waals surface area contributed by atoms with Crippen molar-refractivity contribution in [2.75, 3.05) is 11.1 Å². The average Bonchev–Trinajstić information content (AvgIpc) is 3.06. The van der Waals surface area contributed by atoms with Gasteiger partial charge in [-0.3, -0.25) is 0 Å². The summed E-state index contributed by atoms with van der Waals surface area (Å²) in [4.78, 5) is 4.51. The molecule has 1 aromatic carbocycles. The number of para-hydroxylation sites is 1. The van der Waals surface area contributed by atoms with Gasteiger partial charge in [0.1, 0.15) is 5.82 Å². The number of nitrogen functional groups attached to an aromatic ring is 1. The van der Waals surface area contributed by atoms with Crippen LogP contribution in [0.2, 0.25) is 0 Å². The Kier molecular flexibility index (Phi) is 4.05. The molecule has 2 aromatic heterocycles. The first-order valence-corrected chi connectivity index (χ1v) is 8.84. The maximum atomic E-state index is 6.37. The van der Waals surface area contributed by atoms with Crippen LogP contribution in [0.15, 0.2) is 36.7 Å². The second-order valence-corrected chi connectivity index (χ2v) is 6.92. The third kappa shape index (κ3) is 2.93. The second kappa shape index (κ2) is 6.37. The quantitative estimate of drug-likeness (QED) is 0.682. The van der Waals surface area contributed by atoms with Crippen LogP contribution in [0.4, 0.5) is 17.2 Å². The van der Waals surface area contributed by atoms with Gasteiger partial charge in [-0.2, -0.15) is 0 Å². The molecule has 0 unspecified atom stereocenters. The molecule has 3 aromatic rings. The summed E-state index contributed by atoms with van der Waals surface area (Å²) in [5.74, 6) is 0.933. The zero-order valence-corrected chi connectivity index (χ0v) is 14.4. The summed E-state index contributed by atoms with van der Waals surface area (Å²) in [6.45, 7) is 2.09. The number of nitrogens with two attached hydrogens (primary N) is 2. The lowest BCUT2D eigenvalue weighted by Gasteiger charge is -2.29. The van der Waals surface area contributed by atoms with Crippen molar-refractivity contribution >= 4 is 22.8 Å². The van der Waals surface area contributed by atoms with Crippen LogP contribution in [0.5, 0.6) is 0 Å². The maximum absolute atomic E-state index is 6.37. The molecule has 0 atom stereocenters. The Hall–Kier alpha value is -2.60. The number of rotatable bonds is 3. The molecule has 25 heavy (non-hydrogen) atoms. The summed E-state index contributed by atoms with van der Waals surface area (Å²) in [6, 6.07) is 8.53. The maximum Gasteiger partial charge on any atom is 0.177 e. The van der Waals surface area contributed by atoms with Gasteiger partial charge in [0.05, 0.1) is 5.69 Å². The Morgan fingerprint density at radius 2 is 1.92 bits per heavy atom. The molecule has 0 bridgehead atoms. The van der Waals surface area contributed by atoms with E-state index in [4.69, 9.17) is 11.5 Å². The van der Waals surface area contributed by atoms with Gasteiger partial charge < -0.3 is 16.8 Å². The molecule has 1 aliphatic rings. The number of hydrogen-bond acceptors (Lipinski definition) is 5. The predicted octanol–water partition coefficient (Wildman–Crippen LogP) is 3.35. The summed E-state index contributed by atoms with van der Waals surface area (Å²) in [6.07, 6.45) is 7.69. The van der Waals surface area contributed by atoms with Gasteiger partial charge in [0.25, 0.3) is 0 Å². The van der Waals surface area contributed by atoms with Crippen LogP contribution in [0, 0.1) is 6.92 Å². The Labute approximate surface area is 147 Å². The summed E-state index contributed by atoms with van der Waals surface area (Å²) >= 11 is 0. The van der Waals surface area contributed by atoms with Crippen molar-refractivity contribution in [3.8, 4) is 0 Å². The van der Waals surface area contributed by atoms with Crippen molar-refractivity contribution in [2.24, 2.45) is 5.73 Å². The number of nitrogens with one attached hydrogen (secondary N) is 1. The van der Waals surface area contributed by atoms with Crippen LogP contribution in [0.3, 0.4) is 0 Å². The number of anilines is 3. The van der Waals surface area contributed by atoms with E-state index in [0.29, 0.717) is 17.8 Å². The zero-order chi connectivity index (χ0) is 17.4. The molecule has 6 nitrogen and oxygen atoms in total. The number of fused-ring (bicyclic) bond motifs is 1. The van der Waals surface area contributed by atoms with Gasteiger partial charge in [0.15, 0.2) is 5.65 Å². The van der Waals surface area contributed by atoms with Crippen LogP contribution < -0.4 is 16.8 Å². The lowest BCUT2D eigenvalue weighted by molar-refractivity contribution is 0.396. The van der Waals surface area contributed by atoms with E-state index in [1.54, 1.807) is 10.7 Å². The number of hydrogen-bond donors (Lipinski definition) is 3. The number of aryl methyl sites for hydroxylation is 1. The standard InChI is InChI=1S/C19H24N6/c1-12-4-2-3-5-15(12)23-17-16(13-6-8-14(20)9-7-13)18(21)24-25-11-10-22-19(17)25/h2-5,10-11,13-14,23H,6-9,20H2,1H3,(H2,21,24)/t13-,14-. The minimum atomic E-state index is 0.299. The van der Waals surface area contributed by atoms with Crippen molar-refractivity contribution in [2.45, 2.75) is 44.6 Å². The predicted molar refractivity (Wildman–Crippen MR) is 101 cm³/mol. The minimum Gasteiger partial charge on any atom is -0.382 e. The Balaban J connectivity index is 1.83. The highest BCUT2D eigenvalue weighted by Gasteiger charge is 2.27. The highest BCUT2D eigenvalue weighted by Crippen LogP contribution is 2.41. The topological polar surface area (TPSA) is 94.3 Å². The van der Waals surface area contributed by atoms with E-state index in [2.05, 4.69) is 34.5 Å². The molecule has 1 saturated carbocycles. The number of imidazole rings is 1. The summed E-state index contributed by atoms with van der Waals surface area (Å²) in [5, 5.41) is 8.10. The molecular formula is C19H24N6. The van der Waals surface area contributed by atoms with Gasteiger partial charge in [-0.05, 0) is 50.2 Å². The molecule has 4 rings (SSSR count). The van der Waals surface area contributed by atoms with Crippen molar-refractivity contribution < 1.29 is 0 Å². The number of nitrogens with zero attached hydrogens (tertiary/aromatic N) is 3. The van der Waals surface area contributed by atoms with Crippen molar-refractivity contribution in [3.63, 3.8) is 0 Å². The first-order valence-electron chi connectivity index (χ1n) is 8.84. The molecule has 1 aliphatic carbocycles. The van der Waals surface area contributed by atoms with Gasteiger partial charge in [0.2, 0.25) is 0 Å². The molecule has 2 heterocycles. The van der Waals surface area contributed by atoms with E-state index >= 15 is 0 Å². The van der Waals surface area contributed by atoms with Gasteiger partial charge in [0, 0.05) is 29.7 Å². The third-order valence-electron chi connectivity index (χ3n) is 5.19. The molecule has 0 radical (unpaired) electrons. The summed E-state index contributed by atoms with van der Waals surface area (Å²) in [7, 11) is 0. The lowest BCUT2D eigenvalue weighted by atomic mass is 9.81. The summed E-state index contributed by atoms with van der Waals surface area (Å²) < 4.78 is 1.74. The van der Waals surface area contributed by atoms with Crippen molar-refractivity contribution in [1.29, 1.82) is 0 Å². The fraction of sp³-hybridized carbons (Fsp3) is 0.368. The smallest absolute Gasteiger partial charge is 0.177 e. The summed E-state index contributed by atoms with van der Waals surface area (Å²) in [5.41, 5.74) is 17.6. The van der Waals surface area contributed by atoms with Crippen molar-refractivity contribution in [1.82, 2.24) is 14.6 Å². The molecule has 6 heteroatoms. The van der Waals surface area contributed by atoms with E-state index in [9.17, 15) is 0 Å². The SMILES string of the molecule is Cc1ccccc1Nc1c2nccn2nc(N)c1[C@H]1CC[C@H](N)CC1. The largest absolute Gasteiger partial charge is 0.382 e. The van der Waals surface area contributed by atoms with Crippen LogP contribution >= 0.6 is 0 Å². The Morgan fingerprint density at radius 3 is 2.68 bits per heavy atom. The molecule has 0 aliphatic heterocycles. The van der Waals surface area contributed by atoms with Gasteiger partial charge >= 0.3 is 0 Å². The second-order valence-electron chi connectivity index (χ2n) is 6.92. The highest BCUT2D eigenvalue weighted by atomic mass is 15.3. The lowest BCUT2D eigenvalue weighted by Crippen LogP contribution is -2.26. The van der Waals surface area contributed by atoms with E-state index in [0.717, 1.165) is 48.3 Å². The molecule has 0 saturated heterocycles. The molecule has 130 valence electrons. The molecule has 5 N–H and O–H groups in total. The first kappa shape index (κ1) is 15.9. The minimum absolute atomic E-state index is 0.299. The number of aromatic nitrogens is 3. The normalized spacial score (nSPS) is 20.7. The van der Waals surface area contributed by atoms with Gasteiger partial charge in [-0.15, -0.1) is 5.10 Å². The molecule has 0 spiro atoms. The Bertz CT molecular complexity index is 892. The molecule has 0 amide bonds. The van der Waals surface area contributed by atoms with Crippen LogP contribution in [0.25, 0.3) is 5.65 Å². The van der Waals surface area contributed by atoms with Crippen LogP contribution in [0.1, 0.15) is 42.7 Å². The molecular weight excluding hydrogens is 312 g/mol. The van der Waals surface area contributed by atoms with E-state index in [1.165, 1.54) is 5.56 Å². The number of benzene rings is 1. The fourth-order valence-corrected chi connectivity index (χ4v) is 3.77. The first-order chi connectivity index (χ1) is 12.1. The van der Waals surface area contributed by atoms with Crippen LogP contribution in [-0.2, 0) is 0 Å². The monoisotopic (exact) mass is 336 g/mol. The van der Waals surface area contributed by atoms with Gasteiger partial charge in [-0.1, -0.05) is 18.2 Å². The highest BCUT2D eigenvalue weighted by molar-refractivity contribution is 5.81. The third-order valence-corrected chi connectivity index (χ3v) is 5.19. The van der Waals surface area contributed by atoms with E-state index in [1.807, 2.05) is 18.3 Å². The fourth-order valence-electron chi connectivity index (χ4n) is 3.77. The average molecular weight is 336 g/mol. The Morgan fingerprint density at radius 1 is 1.16 bits per heavy atom. The van der Waals surface area contributed by atoms with Crippen LogP contribution in [-0.4, -0.2) is 20.6 Å².